The number of amides is 2. The van der Waals surface area contributed by atoms with Crippen LogP contribution in [0.2, 0.25) is 0 Å². The number of aliphatic imine (C=N–C) groups is 1. The number of nitrogens with zero attached hydrogens (tertiary/aromatic N) is 2. The summed E-state index contributed by atoms with van der Waals surface area (Å²) in [5.41, 5.74) is 0. The van der Waals surface area contributed by atoms with Crippen molar-refractivity contribution in [3.8, 4) is 0 Å². The van der Waals surface area contributed by atoms with Crippen molar-refractivity contribution in [2.24, 2.45) is 4.99 Å². The quantitative estimate of drug-likeness (QED) is 0.288. The van der Waals surface area contributed by atoms with Gasteiger partial charge in [-0.2, -0.15) is 11.8 Å². The monoisotopic (exact) mass is 328 g/mol. The number of nitrogens with one attached hydrogen (secondary N) is 2. The highest BCUT2D eigenvalue weighted by Crippen LogP contribution is 2.11. The molecule has 6 nitrogen and oxygen atoms in total. The Morgan fingerprint density at radius 3 is 2.59 bits per heavy atom. The van der Waals surface area contributed by atoms with E-state index in [2.05, 4.69) is 21.9 Å². The van der Waals surface area contributed by atoms with E-state index < -0.39 is 0 Å². The first kappa shape index (κ1) is 18.8. The van der Waals surface area contributed by atoms with E-state index in [0.29, 0.717) is 32.4 Å². The second kappa shape index (κ2) is 11.3. The summed E-state index contributed by atoms with van der Waals surface area (Å²) in [6.45, 7) is 4.54. The predicted molar refractivity (Wildman–Crippen MR) is 92.2 cm³/mol. The second-order valence-electron chi connectivity index (χ2n) is 5.18. The maximum Gasteiger partial charge on any atom is 0.229 e. The summed E-state index contributed by atoms with van der Waals surface area (Å²) in [5.74, 6) is 1.80. The van der Waals surface area contributed by atoms with Crippen molar-refractivity contribution in [2.45, 2.75) is 39.0 Å². The molecule has 0 saturated carbocycles. The fraction of sp³-hybridized carbons (Fsp3) is 0.800. The van der Waals surface area contributed by atoms with Crippen molar-refractivity contribution in [3.63, 3.8) is 0 Å². The molecule has 0 spiro atoms. The summed E-state index contributed by atoms with van der Waals surface area (Å²) < 4.78 is 0. The Labute approximate surface area is 137 Å². The molecule has 126 valence electrons. The van der Waals surface area contributed by atoms with Crippen LogP contribution in [0.4, 0.5) is 0 Å². The van der Waals surface area contributed by atoms with Crippen LogP contribution in [0.3, 0.4) is 0 Å². The van der Waals surface area contributed by atoms with Crippen LogP contribution in [0.15, 0.2) is 4.99 Å². The first-order chi connectivity index (χ1) is 10.7. The molecular formula is C15H28N4O2S. The minimum absolute atomic E-state index is 0.0583. The molecule has 1 saturated heterocycles. The summed E-state index contributed by atoms with van der Waals surface area (Å²) in [6, 6.07) is 0. The van der Waals surface area contributed by atoms with Gasteiger partial charge in [-0.05, 0) is 38.2 Å². The number of thioether (sulfide) groups is 1. The number of guanidine groups is 1. The van der Waals surface area contributed by atoms with E-state index in [4.69, 9.17) is 0 Å². The van der Waals surface area contributed by atoms with Gasteiger partial charge in [0.25, 0.3) is 0 Å². The van der Waals surface area contributed by atoms with Gasteiger partial charge in [-0.1, -0.05) is 0 Å². The third-order valence-electron chi connectivity index (χ3n) is 3.38. The van der Waals surface area contributed by atoms with E-state index in [9.17, 15) is 9.59 Å². The van der Waals surface area contributed by atoms with E-state index in [1.54, 1.807) is 0 Å². The van der Waals surface area contributed by atoms with Crippen LogP contribution < -0.4 is 10.6 Å². The fourth-order valence-electron chi connectivity index (χ4n) is 2.23. The lowest BCUT2D eigenvalue weighted by atomic mass is 10.1. The van der Waals surface area contributed by atoms with E-state index in [0.717, 1.165) is 25.5 Å². The molecule has 1 fully saturated rings. The molecule has 0 bridgehead atoms. The molecule has 0 radical (unpaired) electrons. The van der Waals surface area contributed by atoms with Gasteiger partial charge in [0.2, 0.25) is 11.8 Å². The summed E-state index contributed by atoms with van der Waals surface area (Å²) in [4.78, 5) is 29.3. The number of piperidine rings is 1. The minimum Gasteiger partial charge on any atom is -0.357 e. The zero-order valence-electron chi connectivity index (χ0n) is 13.7. The van der Waals surface area contributed by atoms with Crippen molar-refractivity contribution < 1.29 is 9.59 Å². The van der Waals surface area contributed by atoms with Crippen LogP contribution in [0.5, 0.6) is 0 Å². The van der Waals surface area contributed by atoms with Gasteiger partial charge in [-0.25, -0.2) is 0 Å². The maximum atomic E-state index is 11.7. The number of unbranched alkanes of at least 4 members (excludes halogenated alkanes) is 1. The van der Waals surface area contributed by atoms with Crippen molar-refractivity contribution in [2.75, 3.05) is 38.2 Å². The Bertz CT molecular complexity index is 372. The van der Waals surface area contributed by atoms with E-state index in [1.807, 2.05) is 18.7 Å². The van der Waals surface area contributed by atoms with Gasteiger partial charge in [0, 0.05) is 39.0 Å². The summed E-state index contributed by atoms with van der Waals surface area (Å²) in [7, 11) is 0. The zero-order chi connectivity index (χ0) is 16.2. The van der Waals surface area contributed by atoms with Gasteiger partial charge in [0.15, 0.2) is 5.96 Å². The molecule has 22 heavy (non-hydrogen) atoms. The molecule has 0 aromatic rings. The van der Waals surface area contributed by atoms with E-state index in [1.165, 1.54) is 17.1 Å². The van der Waals surface area contributed by atoms with Crippen molar-refractivity contribution in [3.05, 3.63) is 0 Å². The zero-order valence-corrected chi connectivity index (χ0v) is 14.5. The number of imide groups is 1. The van der Waals surface area contributed by atoms with Crippen LogP contribution in [-0.4, -0.2) is 60.9 Å². The predicted octanol–water partition coefficient (Wildman–Crippen LogP) is 1.22. The van der Waals surface area contributed by atoms with Crippen molar-refractivity contribution in [1.82, 2.24) is 15.5 Å². The maximum absolute atomic E-state index is 11.7. The van der Waals surface area contributed by atoms with Crippen LogP contribution in [0, 0.1) is 0 Å². The highest BCUT2D eigenvalue weighted by atomic mass is 32.2. The fourth-order valence-corrected chi connectivity index (χ4v) is 2.72. The van der Waals surface area contributed by atoms with Gasteiger partial charge >= 0.3 is 0 Å². The molecule has 0 aromatic heterocycles. The third-order valence-corrected chi connectivity index (χ3v) is 4.08. The first-order valence-electron chi connectivity index (χ1n) is 8.03. The summed E-state index contributed by atoms with van der Waals surface area (Å²) in [6.07, 6.45) is 5.99. The molecule has 1 rings (SSSR count). The smallest absolute Gasteiger partial charge is 0.229 e. The SMILES string of the molecule is CCNC(=NCCCCSC)NCCN1C(=O)CCCC1=O. The number of carbonyl (C=O) groups excluding carboxylic acids is 2. The number of carbonyl (C=O) groups is 2. The van der Waals surface area contributed by atoms with Crippen LogP contribution in [-0.2, 0) is 9.59 Å². The lowest BCUT2D eigenvalue weighted by Gasteiger charge is -2.25. The Hall–Kier alpha value is -1.24. The number of hydrogen-bond acceptors (Lipinski definition) is 4. The molecule has 2 amide bonds. The Kier molecular flexibility index (Phi) is 9.70. The van der Waals surface area contributed by atoms with E-state index >= 15 is 0 Å². The number of likely N-dealkylation sites (tertiary alicyclic amines) is 1. The van der Waals surface area contributed by atoms with Gasteiger partial charge in [0.05, 0.1) is 0 Å². The summed E-state index contributed by atoms with van der Waals surface area (Å²) >= 11 is 1.85. The second-order valence-corrected chi connectivity index (χ2v) is 6.17. The molecule has 7 heteroatoms. The van der Waals surface area contributed by atoms with Crippen molar-refractivity contribution >= 4 is 29.5 Å². The first-order valence-corrected chi connectivity index (χ1v) is 9.42. The third kappa shape index (κ3) is 7.15. The Balaban J connectivity index is 2.32. The van der Waals surface area contributed by atoms with Crippen molar-refractivity contribution in [1.29, 1.82) is 0 Å². The molecule has 0 aromatic carbocycles. The molecular weight excluding hydrogens is 300 g/mol. The average Bonchev–Trinajstić information content (AvgIpc) is 2.50. The molecule has 2 N–H and O–H groups in total. The van der Waals surface area contributed by atoms with Crippen LogP contribution >= 0.6 is 11.8 Å². The molecule has 0 atom stereocenters. The van der Waals surface area contributed by atoms with Crippen LogP contribution in [0.1, 0.15) is 39.0 Å². The molecule has 1 heterocycles. The van der Waals surface area contributed by atoms with Crippen LogP contribution in [0.25, 0.3) is 0 Å². The Morgan fingerprint density at radius 2 is 1.95 bits per heavy atom. The molecule has 1 aliphatic heterocycles. The molecule has 0 unspecified atom stereocenters. The Morgan fingerprint density at radius 1 is 1.23 bits per heavy atom. The largest absolute Gasteiger partial charge is 0.357 e. The summed E-state index contributed by atoms with van der Waals surface area (Å²) in [5, 5.41) is 6.37. The van der Waals surface area contributed by atoms with Gasteiger partial charge in [-0.15, -0.1) is 0 Å². The average molecular weight is 328 g/mol. The molecule has 1 aliphatic rings. The van der Waals surface area contributed by atoms with Gasteiger partial charge in [-0.3, -0.25) is 19.5 Å². The van der Waals surface area contributed by atoms with E-state index in [-0.39, 0.29) is 11.8 Å². The molecule has 0 aliphatic carbocycles. The number of hydrogen-bond donors (Lipinski definition) is 2. The topological polar surface area (TPSA) is 73.8 Å². The minimum atomic E-state index is -0.0583. The highest BCUT2D eigenvalue weighted by molar-refractivity contribution is 7.98. The lowest BCUT2D eigenvalue weighted by molar-refractivity contribution is -0.147. The standard InChI is InChI=1S/C15H28N4O2S/c1-3-16-15(17-9-4-5-12-22-2)18-10-11-19-13(20)7-6-8-14(19)21/h3-12H2,1-2H3,(H2,16,17,18). The number of rotatable bonds is 9. The van der Waals surface area contributed by atoms with Gasteiger partial charge in [0.1, 0.15) is 0 Å². The van der Waals surface area contributed by atoms with Gasteiger partial charge < -0.3 is 10.6 Å². The lowest BCUT2D eigenvalue weighted by Crippen LogP contribution is -2.46. The highest BCUT2D eigenvalue weighted by Gasteiger charge is 2.25. The normalized spacial score (nSPS) is 16.1.